The van der Waals surface area contributed by atoms with Gasteiger partial charge in [-0.25, -0.2) is 4.79 Å². The summed E-state index contributed by atoms with van der Waals surface area (Å²) < 4.78 is 10.6. The highest BCUT2D eigenvalue weighted by molar-refractivity contribution is 7.98. The van der Waals surface area contributed by atoms with Crippen LogP contribution in [0.2, 0.25) is 0 Å². The normalized spacial score (nSPS) is 10.4. The van der Waals surface area contributed by atoms with Gasteiger partial charge in [-0.2, -0.15) is 0 Å². The smallest absolute Gasteiger partial charge is 0.371 e. The highest BCUT2D eigenvalue weighted by Crippen LogP contribution is 2.31. The van der Waals surface area contributed by atoms with E-state index in [1.807, 2.05) is 19.1 Å². The molecule has 0 aliphatic rings. The van der Waals surface area contributed by atoms with E-state index in [-0.39, 0.29) is 5.76 Å². The van der Waals surface area contributed by atoms with Gasteiger partial charge in [0.15, 0.2) is 0 Å². The fraction of sp³-hybridized carbons (Fsp3) is 0.214. The summed E-state index contributed by atoms with van der Waals surface area (Å²) in [6.45, 7) is 2.51. The molecule has 2 aromatic rings. The Labute approximate surface area is 120 Å². The first-order chi connectivity index (χ1) is 9.60. The van der Waals surface area contributed by atoms with Crippen LogP contribution in [0.15, 0.2) is 39.6 Å². The van der Waals surface area contributed by atoms with Gasteiger partial charge in [-0.05, 0) is 37.3 Å². The molecule has 0 saturated carbocycles. The van der Waals surface area contributed by atoms with Crippen molar-refractivity contribution in [2.45, 2.75) is 17.6 Å². The van der Waals surface area contributed by atoms with Gasteiger partial charge in [0.2, 0.25) is 5.76 Å². The number of furan rings is 1. The van der Waals surface area contributed by atoms with Gasteiger partial charge in [0.05, 0.1) is 12.4 Å². The Morgan fingerprint density at radius 2 is 2.20 bits per heavy atom. The third-order valence-corrected chi connectivity index (χ3v) is 3.63. The minimum Gasteiger partial charge on any atom is -0.494 e. The molecule has 0 saturated heterocycles. The zero-order chi connectivity index (χ0) is 14.5. The van der Waals surface area contributed by atoms with Crippen LogP contribution in [0.4, 0.5) is 5.69 Å². The quantitative estimate of drug-likeness (QED) is 0.628. The number of anilines is 1. The lowest BCUT2D eigenvalue weighted by Gasteiger charge is -2.08. The molecule has 1 heterocycles. The molecule has 0 aliphatic carbocycles. The van der Waals surface area contributed by atoms with Gasteiger partial charge < -0.3 is 20.0 Å². The van der Waals surface area contributed by atoms with Crippen LogP contribution in [0.25, 0.3) is 0 Å². The first-order valence-corrected chi connectivity index (χ1v) is 7.06. The second kappa shape index (κ2) is 6.38. The fourth-order valence-corrected chi connectivity index (χ4v) is 2.50. The number of thioether (sulfide) groups is 1. The molecule has 5 nitrogen and oxygen atoms in total. The van der Waals surface area contributed by atoms with Crippen molar-refractivity contribution in [2.75, 3.05) is 12.3 Å². The second-order valence-electron chi connectivity index (χ2n) is 3.99. The second-order valence-corrected chi connectivity index (χ2v) is 5.01. The molecular weight excluding hydrogens is 278 g/mol. The van der Waals surface area contributed by atoms with Crippen LogP contribution in [0, 0.1) is 0 Å². The average Bonchev–Trinajstić information content (AvgIpc) is 2.89. The Hall–Kier alpha value is -2.08. The number of aromatic carboxylic acids is 1. The average molecular weight is 293 g/mol. The number of carbonyl (C=O) groups is 1. The van der Waals surface area contributed by atoms with E-state index in [0.29, 0.717) is 23.8 Å². The van der Waals surface area contributed by atoms with Crippen molar-refractivity contribution in [2.24, 2.45) is 0 Å². The van der Waals surface area contributed by atoms with Gasteiger partial charge in [0, 0.05) is 10.6 Å². The summed E-state index contributed by atoms with van der Waals surface area (Å²) >= 11 is 1.47. The standard InChI is InChI=1S/C14H15NO4S/c1-2-18-9-3-5-11(15)13(7-9)20-8-10-4-6-12(19-10)14(16)17/h3-7H,2,8,15H2,1H3,(H,16,17). The zero-order valence-corrected chi connectivity index (χ0v) is 11.8. The lowest BCUT2D eigenvalue weighted by Crippen LogP contribution is -1.94. The number of hydrogen-bond acceptors (Lipinski definition) is 5. The number of hydrogen-bond donors (Lipinski definition) is 2. The van der Waals surface area contributed by atoms with Crippen molar-refractivity contribution in [1.82, 2.24) is 0 Å². The summed E-state index contributed by atoms with van der Waals surface area (Å²) in [6.07, 6.45) is 0. The molecule has 0 unspecified atom stereocenters. The SMILES string of the molecule is CCOc1ccc(N)c(SCc2ccc(C(=O)O)o2)c1. The van der Waals surface area contributed by atoms with Crippen LogP contribution in [0.5, 0.6) is 5.75 Å². The molecule has 20 heavy (non-hydrogen) atoms. The molecule has 0 fully saturated rings. The van der Waals surface area contributed by atoms with Crippen molar-refractivity contribution in [1.29, 1.82) is 0 Å². The third-order valence-electron chi connectivity index (χ3n) is 2.54. The van der Waals surface area contributed by atoms with Crippen LogP contribution in [-0.2, 0) is 5.75 Å². The van der Waals surface area contributed by atoms with Crippen molar-refractivity contribution in [3.63, 3.8) is 0 Å². The minimum atomic E-state index is -1.07. The van der Waals surface area contributed by atoms with Crippen LogP contribution in [0.1, 0.15) is 23.2 Å². The molecule has 6 heteroatoms. The minimum absolute atomic E-state index is 0.0587. The van der Waals surface area contributed by atoms with Crippen molar-refractivity contribution in [3.05, 3.63) is 41.9 Å². The Balaban J connectivity index is 2.05. The van der Waals surface area contributed by atoms with E-state index >= 15 is 0 Å². The molecule has 0 aliphatic heterocycles. The van der Waals surface area contributed by atoms with E-state index in [1.54, 1.807) is 12.1 Å². The Kier molecular flexibility index (Phi) is 4.57. The molecule has 1 aromatic heterocycles. The molecule has 106 valence electrons. The van der Waals surface area contributed by atoms with Gasteiger partial charge in [0.1, 0.15) is 11.5 Å². The van der Waals surface area contributed by atoms with Crippen LogP contribution in [-0.4, -0.2) is 17.7 Å². The lowest BCUT2D eigenvalue weighted by molar-refractivity contribution is 0.0661. The van der Waals surface area contributed by atoms with Crippen molar-refractivity contribution in [3.8, 4) is 5.75 Å². The van der Waals surface area contributed by atoms with Gasteiger partial charge in [-0.1, -0.05) is 0 Å². The number of rotatable bonds is 6. The lowest BCUT2D eigenvalue weighted by atomic mass is 10.3. The van der Waals surface area contributed by atoms with Crippen molar-refractivity contribution >= 4 is 23.4 Å². The molecule has 0 bridgehead atoms. The number of nitrogen functional groups attached to an aromatic ring is 1. The number of benzene rings is 1. The number of ether oxygens (including phenoxy) is 1. The number of carboxylic acids is 1. The van der Waals surface area contributed by atoms with E-state index in [2.05, 4.69) is 0 Å². The van der Waals surface area contributed by atoms with Crippen LogP contribution >= 0.6 is 11.8 Å². The van der Waals surface area contributed by atoms with E-state index in [0.717, 1.165) is 10.6 Å². The predicted molar refractivity (Wildman–Crippen MR) is 77.3 cm³/mol. The molecule has 0 spiro atoms. The monoisotopic (exact) mass is 293 g/mol. The Morgan fingerprint density at radius 3 is 2.85 bits per heavy atom. The number of nitrogens with two attached hydrogens (primary N) is 1. The molecule has 2 rings (SSSR count). The van der Waals surface area contributed by atoms with E-state index < -0.39 is 5.97 Å². The van der Waals surface area contributed by atoms with Crippen LogP contribution < -0.4 is 10.5 Å². The van der Waals surface area contributed by atoms with Gasteiger partial charge >= 0.3 is 5.97 Å². The Morgan fingerprint density at radius 1 is 1.40 bits per heavy atom. The first-order valence-electron chi connectivity index (χ1n) is 6.07. The Bertz CT molecular complexity index is 609. The van der Waals surface area contributed by atoms with Gasteiger partial charge in [-0.15, -0.1) is 11.8 Å². The summed E-state index contributed by atoms with van der Waals surface area (Å²) in [7, 11) is 0. The first kappa shape index (κ1) is 14.3. The zero-order valence-electron chi connectivity index (χ0n) is 11.0. The molecule has 3 N–H and O–H groups in total. The maximum Gasteiger partial charge on any atom is 0.371 e. The summed E-state index contributed by atoms with van der Waals surface area (Å²) in [5, 5.41) is 8.79. The molecule has 0 atom stereocenters. The van der Waals surface area contributed by atoms with E-state index in [4.69, 9.17) is 20.0 Å². The summed E-state index contributed by atoms with van der Waals surface area (Å²) in [5.41, 5.74) is 6.56. The largest absolute Gasteiger partial charge is 0.494 e. The summed E-state index contributed by atoms with van der Waals surface area (Å²) in [5.74, 6) is 0.729. The summed E-state index contributed by atoms with van der Waals surface area (Å²) in [4.78, 5) is 11.6. The number of carboxylic acid groups (broad SMARTS) is 1. The summed E-state index contributed by atoms with van der Waals surface area (Å²) in [6, 6.07) is 8.57. The van der Waals surface area contributed by atoms with E-state index in [1.165, 1.54) is 17.8 Å². The molecular formula is C14H15NO4S. The third kappa shape index (κ3) is 3.48. The van der Waals surface area contributed by atoms with Gasteiger partial charge in [0.25, 0.3) is 0 Å². The predicted octanol–water partition coefficient (Wildman–Crippen LogP) is 3.25. The molecule has 1 aromatic carbocycles. The maximum absolute atomic E-state index is 10.7. The molecule has 0 amide bonds. The fourth-order valence-electron chi connectivity index (χ4n) is 1.62. The maximum atomic E-state index is 10.7. The van der Waals surface area contributed by atoms with Gasteiger partial charge in [-0.3, -0.25) is 0 Å². The highest BCUT2D eigenvalue weighted by atomic mass is 32.2. The van der Waals surface area contributed by atoms with E-state index in [9.17, 15) is 4.79 Å². The van der Waals surface area contributed by atoms with Crippen molar-refractivity contribution < 1.29 is 19.1 Å². The van der Waals surface area contributed by atoms with Crippen LogP contribution in [0.3, 0.4) is 0 Å². The molecule has 0 radical (unpaired) electrons. The topological polar surface area (TPSA) is 85.7 Å². The highest BCUT2D eigenvalue weighted by Gasteiger charge is 2.10.